The van der Waals surface area contributed by atoms with Crippen LogP contribution in [0.2, 0.25) is 0 Å². The van der Waals surface area contributed by atoms with Gasteiger partial charge in [0.1, 0.15) is 11.3 Å². The van der Waals surface area contributed by atoms with E-state index in [1.165, 1.54) is 0 Å². The van der Waals surface area contributed by atoms with E-state index in [0.29, 0.717) is 11.4 Å². The van der Waals surface area contributed by atoms with Crippen LogP contribution >= 0.6 is 0 Å². The number of hydrogen-bond acceptors (Lipinski definition) is 5. The number of aliphatic imine (C=N–C) groups is 1. The summed E-state index contributed by atoms with van der Waals surface area (Å²) in [5.41, 5.74) is 1.71. The summed E-state index contributed by atoms with van der Waals surface area (Å²) in [5, 5.41) is 10.1. The molecule has 1 aromatic heterocycles. The van der Waals surface area contributed by atoms with Crippen LogP contribution in [0, 0.1) is 0 Å². The van der Waals surface area contributed by atoms with Crippen LogP contribution in [0.25, 0.3) is 6.08 Å². The van der Waals surface area contributed by atoms with Crippen molar-refractivity contribution in [2.24, 2.45) is 4.99 Å². The minimum absolute atomic E-state index is 0.122. The zero-order valence-corrected chi connectivity index (χ0v) is 10.8. The number of aromatic nitrogens is 1. The number of nitrogens with zero attached hydrogens (tertiary/aromatic N) is 2. The number of aliphatic hydroxyl groups excluding tert-OH is 1. The third-order valence-corrected chi connectivity index (χ3v) is 2.60. The fourth-order valence-corrected chi connectivity index (χ4v) is 1.76. The van der Waals surface area contributed by atoms with Gasteiger partial charge in [-0.25, -0.2) is 9.79 Å². The van der Waals surface area contributed by atoms with Crippen LogP contribution in [-0.4, -0.2) is 28.4 Å². The molecule has 0 fully saturated rings. The number of esters is 1. The zero-order valence-electron chi connectivity index (χ0n) is 10.8. The molecular weight excluding hydrogens is 244 g/mol. The van der Waals surface area contributed by atoms with Gasteiger partial charge in [-0.15, -0.1) is 0 Å². The molecule has 1 aliphatic rings. The Hall–Kier alpha value is -2.43. The van der Waals surface area contributed by atoms with Crippen molar-refractivity contribution in [1.82, 2.24) is 4.98 Å². The molecule has 2 rings (SSSR count). The lowest BCUT2D eigenvalue weighted by atomic mass is 10.1. The maximum atomic E-state index is 11.7. The monoisotopic (exact) mass is 258 g/mol. The normalized spacial score (nSPS) is 16.7. The topological polar surface area (TPSA) is 71.8 Å². The van der Waals surface area contributed by atoms with Crippen molar-refractivity contribution in [1.29, 1.82) is 0 Å². The lowest BCUT2D eigenvalue weighted by Crippen LogP contribution is -2.13. The van der Waals surface area contributed by atoms with Crippen molar-refractivity contribution in [3.05, 3.63) is 47.1 Å². The van der Waals surface area contributed by atoms with Crippen molar-refractivity contribution in [3.63, 3.8) is 0 Å². The highest BCUT2D eigenvalue weighted by Gasteiger charge is 2.27. The van der Waals surface area contributed by atoms with Crippen LogP contribution in [0.3, 0.4) is 0 Å². The number of rotatable bonds is 3. The summed E-state index contributed by atoms with van der Waals surface area (Å²) in [5.74, 6) is -0.712. The van der Waals surface area contributed by atoms with Crippen molar-refractivity contribution >= 4 is 17.8 Å². The molecule has 1 N–H and O–H groups in total. The molecule has 0 spiro atoms. The van der Waals surface area contributed by atoms with Crippen LogP contribution in [0.5, 0.6) is 0 Å². The minimum atomic E-state index is -0.559. The Morgan fingerprint density at radius 2 is 2.32 bits per heavy atom. The number of aliphatic hydroxyl groups is 1. The van der Waals surface area contributed by atoms with Crippen LogP contribution in [0.4, 0.5) is 0 Å². The van der Waals surface area contributed by atoms with Gasteiger partial charge in [-0.2, -0.15) is 0 Å². The number of ether oxygens (including phenoxy) is 1. The highest BCUT2D eigenvalue weighted by atomic mass is 16.5. The molecule has 0 atom stereocenters. The Morgan fingerprint density at radius 3 is 2.95 bits per heavy atom. The first kappa shape index (κ1) is 13.0. The highest BCUT2D eigenvalue weighted by molar-refractivity contribution is 6.22. The fourth-order valence-electron chi connectivity index (χ4n) is 1.76. The molecular formula is C14H14N2O3. The Morgan fingerprint density at radius 1 is 1.53 bits per heavy atom. The fraction of sp³-hybridized carbons (Fsp3) is 0.214. The lowest BCUT2D eigenvalue weighted by Gasteiger charge is -2.02. The van der Waals surface area contributed by atoms with Gasteiger partial charge in [0.05, 0.1) is 12.3 Å². The molecule has 0 aromatic carbocycles. The van der Waals surface area contributed by atoms with E-state index in [1.807, 2.05) is 6.07 Å². The third kappa shape index (κ3) is 2.70. The quantitative estimate of drug-likeness (QED) is 0.844. The van der Waals surface area contributed by atoms with E-state index in [1.54, 1.807) is 38.4 Å². The molecule has 0 bridgehead atoms. The van der Waals surface area contributed by atoms with Gasteiger partial charge in [0.15, 0.2) is 5.76 Å². The van der Waals surface area contributed by atoms with Crippen molar-refractivity contribution in [3.8, 4) is 0 Å². The maximum absolute atomic E-state index is 11.7. The molecule has 0 unspecified atom stereocenters. The number of pyridine rings is 1. The minimum Gasteiger partial charge on any atom is -0.505 e. The van der Waals surface area contributed by atoms with Crippen LogP contribution in [0.1, 0.15) is 19.4 Å². The molecule has 0 saturated carbocycles. The summed E-state index contributed by atoms with van der Waals surface area (Å²) < 4.78 is 4.89. The SMILES string of the molecule is CCOC(=O)C1=C(O)/C(=C/c2cccnc2)N=C1C. The van der Waals surface area contributed by atoms with Crippen LogP contribution in [-0.2, 0) is 9.53 Å². The third-order valence-electron chi connectivity index (χ3n) is 2.60. The molecule has 0 aliphatic carbocycles. The standard InChI is InChI=1S/C14H14N2O3/c1-3-19-14(18)12-9(2)16-11(13(12)17)7-10-5-4-6-15-8-10/h4-8,17H,3H2,1-2H3/b11-7-. The predicted molar refractivity (Wildman–Crippen MR) is 71.6 cm³/mol. The van der Waals surface area contributed by atoms with Crippen molar-refractivity contribution in [2.45, 2.75) is 13.8 Å². The van der Waals surface area contributed by atoms with E-state index in [0.717, 1.165) is 5.56 Å². The first-order valence-electron chi connectivity index (χ1n) is 5.91. The van der Waals surface area contributed by atoms with Crippen LogP contribution in [0.15, 0.2) is 46.5 Å². The van der Waals surface area contributed by atoms with Gasteiger partial charge in [-0.3, -0.25) is 4.98 Å². The van der Waals surface area contributed by atoms with E-state index in [-0.39, 0.29) is 17.9 Å². The number of carbonyl (C=O) groups is 1. The second-order valence-electron chi connectivity index (χ2n) is 3.96. The van der Waals surface area contributed by atoms with E-state index in [2.05, 4.69) is 9.98 Å². The molecule has 1 aliphatic heterocycles. The molecule has 1 aromatic rings. The molecule has 0 saturated heterocycles. The second-order valence-corrected chi connectivity index (χ2v) is 3.96. The number of carbonyl (C=O) groups excluding carboxylic acids is 1. The molecule has 98 valence electrons. The number of hydrogen-bond donors (Lipinski definition) is 1. The summed E-state index contributed by atoms with van der Waals surface area (Å²) in [7, 11) is 0. The largest absolute Gasteiger partial charge is 0.505 e. The lowest BCUT2D eigenvalue weighted by molar-refractivity contribution is -0.138. The van der Waals surface area contributed by atoms with E-state index >= 15 is 0 Å². The van der Waals surface area contributed by atoms with Gasteiger partial charge in [0.2, 0.25) is 0 Å². The zero-order chi connectivity index (χ0) is 13.8. The summed E-state index contributed by atoms with van der Waals surface area (Å²) in [6, 6.07) is 3.62. The van der Waals surface area contributed by atoms with E-state index in [4.69, 9.17) is 4.74 Å². The molecule has 5 heteroatoms. The first-order valence-corrected chi connectivity index (χ1v) is 5.91. The molecule has 2 heterocycles. The van der Waals surface area contributed by atoms with E-state index < -0.39 is 5.97 Å². The summed E-state index contributed by atoms with van der Waals surface area (Å²) in [6.07, 6.45) is 4.97. The predicted octanol–water partition coefficient (Wildman–Crippen LogP) is 2.27. The van der Waals surface area contributed by atoms with Gasteiger partial charge in [0, 0.05) is 12.4 Å². The highest BCUT2D eigenvalue weighted by Crippen LogP contribution is 2.26. The average molecular weight is 258 g/mol. The smallest absolute Gasteiger partial charge is 0.343 e. The van der Waals surface area contributed by atoms with Gasteiger partial charge in [0.25, 0.3) is 0 Å². The van der Waals surface area contributed by atoms with Gasteiger partial charge in [-0.1, -0.05) is 6.07 Å². The first-order chi connectivity index (χ1) is 9.13. The van der Waals surface area contributed by atoms with Crippen LogP contribution < -0.4 is 0 Å². The molecule has 0 amide bonds. The summed E-state index contributed by atoms with van der Waals surface area (Å²) >= 11 is 0. The summed E-state index contributed by atoms with van der Waals surface area (Å²) in [4.78, 5) is 19.9. The van der Waals surface area contributed by atoms with Gasteiger partial charge in [-0.05, 0) is 31.6 Å². The Labute approximate surface area is 111 Å². The van der Waals surface area contributed by atoms with Gasteiger partial charge >= 0.3 is 5.97 Å². The Balaban J connectivity index is 2.36. The Kier molecular flexibility index (Phi) is 3.75. The van der Waals surface area contributed by atoms with Crippen molar-refractivity contribution < 1.29 is 14.6 Å². The maximum Gasteiger partial charge on any atom is 0.343 e. The summed E-state index contributed by atoms with van der Waals surface area (Å²) in [6.45, 7) is 3.63. The average Bonchev–Trinajstić information content (AvgIpc) is 2.66. The molecule has 0 radical (unpaired) electrons. The second kappa shape index (κ2) is 5.48. The van der Waals surface area contributed by atoms with E-state index in [9.17, 15) is 9.90 Å². The molecule has 5 nitrogen and oxygen atoms in total. The van der Waals surface area contributed by atoms with Gasteiger partial charge < -0.3 is 9.84 Å². The van der Waals surface area contributed by atoms with Crippen molar-refractivity contribution in [2.75, 3.05) is 6.61 Å². The Bertz CT molecular complexity index is 586. The molecule has 19 heavy (non-hydrogen) atoms.